The molecule has 2 saturated heterocycles. The first-order valence-corrected chi connectivity index (χ1v) is 8.78. The van der Waals surface area contributed by atoms with Gasteiger partial charge in [-0.25, -0.2) is 8.78 Å². The number of H-pyrrole nitrogens is 1. The topological polar surface area (TPSA) is 85.8 Å². The number of hydrogen-bond acceptors (Lipinski definition) is 6. The molecule has 0 aliphatic carbocycles. The summed E-state index contributed by atoms with van der Waals surface area (Å²) in [5.41, 5.74) is 0.0263. The zero-order valence-electron chi connectivity index (χ0n) is 14.5. The molecule has 28 heavy (non-hydrogen) atoms. The molecule has 3 aromatic rings. The van der Waals surface area contributed by atoms with Crippen LogP contribution < -0.4 is 9.47 Å². The molecule has 9 heteroatoms. The number of aliphatic hydroxyl groups is 1. The summed E-state index contributed by atoms with van der Waals surface area (Å²) in [7, 11) is 0. The average Bonchev–Trinajstić information content (AvgIpc) is 3.37. The number of aromatic nitrogens is 2. The second-order valence-electron chi connectivity index (χ2n) is 6.67. The maximum atomic E-state index is 14.8. The highest BCUT2D eigenvalue weighted by Crippen LogP contribution is 2.34. The van der Waals surface area contributed by atoms with Crippen LogP contribution in [0.25, 0.3) is 11.0 Å². The van der Waals surface area contributed by atoms with Gasteiger partial charge in [0.1, 0.15) is 29.6 Å². The van der Waals surface area contributed by atoms with Gasteiger partial charge >= 0.3 is 0 Å². The molecule has 7 nitrogen and oxygen atoms in total. The SMILES string of the molecule is O[C@@H]1COC2C1OC[C@H]2Oc1nc2c(F)c(Oc3ccccc3)c(F)cc2[nH]1. The van der Waals surface area contributed by atoms with E-state index in [1.165, 1.54) is 0 Å². The van der Waals surface area contributed by atoms with Gasteiger partial charge in [0.15, 0.2) is 17.7 Å². The molecule has 5 rings (SSSR count). The van der Waals surface area contributed by atoms with Gasteiger partial charge < -0.3 is 29.0 Å². The third-order valence-electron chi connectivity index (χ3n) is 4.81. The first-order valence-electron chi connectivity index (χ1n) is 8.78. The number of fused-ring (bicyclic) bond motifs is 2. The second-order valence-corrected chi connectivity index (χ2v) is 6.67. The van der Waals surface area contributed by atoms with E-state index in [0.717, 1.165) is 6.07 Å². The van der Waals surface area contributed by atoms with Gasteiger partial charge in [0.25, 0.3) is 6.01 Å². The number of ether oxygens (including phenoxy) is 4. The van der Waals surface area contributed by atoms with Crippen LogP contribution in [0.1, 0.15) is 0 Å². The van der Waals surface area contributed by atoms with Gasteiger partial charge in [-0.15, -0.1) is 0 Å². The molecule has 0 spiro atoms. The predicted molar refractivity (Wildman–Crippen MR) is 92.4 cm³/mol. The van der Waals surface area contributed by atoms with Crippen LogP contribution in [0, 0.1) is 11.6 Å². The molecule has 2 N–H and O–H groups in total. The van der Waals surface area contributed by atoms with Crippen molar-refractivity contribution in [3.63, 3.8) is 0 Å². The summed E-state index contributed by atoms with van der Waals surface area (Å²) in [5, 5.41) is 9.78. The molecule has 0 bridgehead atoms. The Morgan fingerprint density at radius 3 is 2.71 bits per heavy atom. The number of aliphatic hydroxyl groups excluding tert-OH is 1. The van der Waals surface area contributed by atoms with Crippen molar-refractivity contribution in [2.75, 3.05) is 13.2 Å². The number of benzene rings is 2. The maximum absolute atomic E-state index is 14.8. The molecule has 2 unspecified atom stereocenters. The molecule has 3 heterocycles. The lowest BCUT2D eigenvalue weighted by Crippen LogP contribution is -2.34. The number of nitrogens with one attached hydrogen (secondary N) is 1. The Kier molecular flexibility index (Phi) is 4.15. The predicted octanol–water partition coefficient (Wildman–Crippen LogP) is 2.54. The summed E-state index contributed by atoms with van der Waals surface area (Å²) in [6.45, 7) is 0.359. The Hall–Kier alpha value is -2.75. The summed E-state index contributed by atoms with van der Waals surface area (Å²) in [4.78, 5) is 6.82. The van der Waals surface area contributed by atoms with Crippen LogP contribution in [0.4, 0.5) is 8.78 Å². The monoisotopic (exact) mass is 390 g/mol. The van der Waals surface area contributed by atoms with Crippen molar-refractivity contribution in [3.8, 4) is 17.5 Å². The molecule has 0 saturated carbocycles. The Bertz CT molecular complexity index is 1010. The van der Waals surface area contributed by atoms with E-state index in [9.17, 15) is 13.9 Å². The van der Waals surface area contributed by atoms with Crippen LogP contribution in [0.5, 0.6) is 17.5 Å². The fraction of sp³-hybridized carbons (Fsp3) is 0.316. The standard InChI is InChI=1S/C19H16F2N2O5/c20-10-6-11-15(14(21)16(10)27-9-4-2-1-3-5-9)23-19(22-11)28-13-8-26-17-12(24)7-25-18(13)17/h1-6,12-13,17-18,24H,7-8H2,(H,22,23)/t12-,13-,17?,18?/m1/s1. The third-order valence-corrected chi connectivity index (χ3v) is 4.81. The third kappa shape index (κ3) is 2.88. The van der Waals surface area contributed by atoms with Crippen LogP contribution in [0.15, 0.2) is 36.4 Å². The van der Waals surface area contributed by atoms with Crippen molar-refractivity contribution in [1.29, 1.82) is 0 Å². The van der Waals surface area contributed by atoms with Gasteiger partial charge in [-0.3, -0.25) is 0 Å². The van der Waals surface area contributed by atoms with E-state index in [1.54, 1.807) is 30.3 Å². The fourth-order valence-corrected chi connectivity index (χ4v) is 3.48. The lowest BCUT2D eigenvalue weighted by atomic mass is 10.1. The molecule has 2 fully saturated rings. The minimum absolute atomic E-state index is 0.00407. The Labute approximate surface area is 157 Å². The van der Waals surface area contributed by atoms with Crippen molar-refractivity contribution in [2.45, 2.75) is 24.4 Å². The smallest absolute Gasteiger partial charge is 0.295 e. The molecule has 2 aliphatic rings. The zero-order valence-corrected chi connectivity index (χ0v) is 14.5. The normalized spacial score (nSPS) is 26.5. The van der Waals surface area contributed by atoms with Crippen LogP contribution in [-0.2, 0) is 9.47 Å². The molecule has 0 radical (unpaired) electrons. The highest BCUT2D eigenvalue weighted by atomic mass is 19.1. The number of para-hydroxylation sites is 1. The zero-order chi connectivity index (χ0) is 19.3. The molecular weight excluding hydrogens is 374 g/mol. The van der Waals surface area contributed by atoms with Crippen molar-refractivity contribution < 1.29 is 32.8 Å². The van der Waals surface area contributed by atoms with Gasteiger partial charge in [-0.2, -0.15) is 4.98 Å². The number of hydrogen-bond donors (Lipinski definition) is 2. The number of nitrogens with zero attached hydrogens (tertiary/aromatic N) is 1. The molecule has 1 aromatic heterocycles. The minimum Gasteiger partial charge on any atom is -0.456 e. The highest BCUT2D eigenvalue weighted by Gasteiger charge is 2.48. The van der Waals surface area contributed by atoms with Gasteiger partial charge in [-0.05, 0) is 12.1 Å². The molecule has 146 valence electrons. The summed E-state index contributed by atoms with van der Waals surface area (Å²) in [5.74, 6) is -2.03. The van der Waals surface area contributed by atoms with E-state index < -0.39 is 41.8 Å². The van der Waals surface area contributed by atoms with E-state index in [1.807, 2.05) is 0 Å². The van der Waals surface area contributed by atoms with E-state index in [0.29, 0.717) is 5.75 Å². The molecule has 2 aromatic carbocycles. The lowest BCUT2D eigenvalue weighted by molar-refractivity contribution is 0.00706. The van der Waals surface area contributed by atoms with Crippen LogP contribution in [0.2, 0.25) is 0 Å². The van der Waals surface area contributed by atoms with Crippen LogP contribution in [0.3, 0.4) is 0 Å². The maximum Gasteiger partial charge on any atom is 0.295 e. The van der Waals surface area contributed by atoms with Crippen molar-refractivity contribution in [2.24, 2.45) is 0 Å². The van der Waals surface area contributed by atoms with Crippen LogP contribution >= 0.6 is 0 Å². The first kappa shape index (κ1) is 17.4. The summed E-state index contributed by atoms with van der Waals surface area (Å²) in [6.07, 6.45) is -2.13. The van der Waals surface area contributed by atoms with Crippen molar-refractivity contribution in [3.05, 3.63) is 48.0 Å². The van der Waals surface area contributed by atoms with Gasteiger partial charge in [0.05, 0.1) is 18.7 Å². The lowest BCUT2D eigenvalue weighted by Gasteiger charge is -2.15. The fourth-order valence-electron chi connectivity index (χ4n) is 3.48. The summed E-state index contributed by atoms with van der Waals surface area (Å²) < 4.78 is 51.2. The van der Waals surface area contributed by atoms with Gasteiger partial charge in [0, 0.05) is 6.07 Å². The summed E-state index contributed by atoms with van der Waals surface area (Å²) >= 11 is 0. The second kappa shape index (κ2) is 6.69. The Morgan fingerprint density at radius 2 is 1.89 bits per heavy atom. The van der Waals surface area contributed by atoms with Gasteiger partial charge in [0.2, 0.25) is 5.75 Å². The van der Waals surface area contributed by atoms with Gasteiger partial charge in [-0.1, -0.05) is 18.2 Å². The molecular formula is C19H16F2N2O5. The summed E-state index contributed by atoms with van der Waals surface area (Å²) in [6, 6.07) is 9.45. The Morgan fingerprint density at radius 1 is 1.11 bits per heavy atom. The van der Waals surface area contributed by atoms with Crippen LogP contribution in [-0.4, -0.2) is 52.7 Å². The van der Waals surface area contributed by atoms with Crippen molar-refractivity contribution >= 4 is 11.0 Å². The number of aromatic amines is 1. The molecule has 0 amide bonds. The quantitative estimate of drug-likeness (QED) is 0.712. The number of imidazole rings is 1. The van der Waals surface area contributed by atoms with E-state index >= 15 is 0 Å². The number of halogens is 2. The highest BCUT2D eigenvalue weighted by molar-refractivity contribution is 5.78. The first-order chi connectivity index (χ1) is 13.6. The molecule has 2 aliphatic heterocycles. The van der Waals surface area contributed by atoms with E-state index in [4.69, 9.17) is 18.9 Å². The van der Waals surface area contributed by atoms with E-state index in [-0.39, 0.29) is 30.3 Å². The largest absolute Gasteiger partial charge is 0.456 e. The minimum atomic E-state index is -0.932. The number of rotatable bonds is 4. The average molecular weight is 390 g/mol. The van der Waals surface area contributed by atoms with E-state index in [2.05, 4.69) is 9.97 Å². The van der Waals surface area contributed by atoms with Crippen molar-refractivity contribution in [1.82, 2.24) is 9.97 Å². The Balaban J connectivity index is 1.42. The molecule has 4 atom stereocenters.